The third-order valence-electron chi connectivity index (χ3n) is 2.39. The zero-order chi connectivity index (χ0) is 12.8. The molecule has 1 heterocycles. The lowest BCUT2D eigenvalue weighted by molar-refractivity contribution is 0.102. The molecule has 0 spiro atoms. The summed E-state index contributed by atoms with van der Waals surface area (Å²) >= 11 is 1.52. The van der Waals surface area contributed by atoms with E-state index in [0.717, 1.165) is 5.76 Å². The molecular formula is C14H11NO2S. The topological polar surface area (TPSA) is 54.0 Å². The molecule has 0 saturated carbocycles. The molecule has 0 aliphatic heterocycles. The molecule has 2 rings (SSSR count). The van der Waals surface area contributed by atoms with Crippen LogP contribution in [0.5, 0.6) is 0 Å². The standard InChI is InChI=1S/C14H11NO2S/c15-8-11-3-5-12(6-4-11)14(16)10-18-9-13-2-1-7-17-13/h1-7H,9-10H2. The highest BCUT2D eigenvalue weighted by Crippen LogP contribution is 2.14. The van der Waals surface area contributed by atoms with Gasteiger partial charge in [0.05, 0.1) is 29.4 Å². The number of nitriles is 1. The number of furan rings is 1. The molecule has 0 saturated heterocycles. The first-order valence-corrected chi connectivity index (χ1v) is 6.58. The van der Waals surface area contributed by atoms with E-state index in [-0.39, 0.29) is 5.78 Å². The molecule has 0 radical (unpaired) electrons. The van der Waals surface area contributed by atoms with Crippen molar-refractivity contribution < 1.29 is 9.21 Å². The van der Waals surface area contributed by atoms with Gasteiger partial charge in [-0.25, -0.2) is 0 Å². The van der Waals surface area contributed by atoms with E-state index < -0.39 is 0 Å². The SMILES string of the molecule is N#Cc1ccc(C(=O)CSCc2ccco2)cc1. The van der Waals surface area contributed by atoms with Crippen LogP contribution in [0, 0.1) is 11.3 Å². The maximum Gasteiger partial charge on any atom is 0.172 e. The van der Waals surface area contributed by atoms with Gasteiger partial charge < -0.3 is 4.42 Å². The number of thioether (sulfide) groups is 1. The van der Waals surface area contributed by atoms with Gasteiger partial charge in [-0.3, -0.25) is 4.79 Å². The highest BCUT2D eigenvalue weighted by atomic mass is 32.2. The van der Waals surface area contributed by atoms with Crippen molar-refractivity contribution in [3.63, 3.8) is 0 Å². The first-order chi connectivity index (χ1) is 8.79. The van der Waals surface area contributed by atoms with Gasteiger partial charge in [-0.15, -0.1) is 11.8 Å². The highest BCUT2D eigenvalue weighted by molar-refractivity contribution is 7.99. The monoisotopic (exact) mass is 257 g/mol. The minimum Gasteiger partial charge on any atom is -0.468 e. The Morgan fingerprint density at radius 3 is 2.67 bits per heavy atom. The van der Waals surface area contributed by atoms with Crippen molar-refractivity contribution in [2.45, 2.75) is 5.75 Å². The molecule has 90 valence electrons. The van der Waals surface area contributed by atoms with Gasteiger partial charge in [0.1, 0.15) is 5.76 Å². The maximum atomic E-state index is 11.8. The van der Waals surface area contributed by atoms with Gasteiger partial charge >= 0.3 is 0 Å². The highest BCUT2D eigenvalue weighted by Gasteiger charge is 2.06. The summed E-state index contributed by atoms with van der Waals surface area (Å²) in [6.45, 7) is 0. The number of carbonyl (C=O) groups is 1. The summed E-state index contributed by atoms with van der Waals surface area (Å²) in [7, 11) is 0. The first kappa shape index (κ1) is 12.5. The largest absolute Gasteiger partial charge is 0.468 e. The molecule has 0 atom stereocenters. The van der Waals surface area contributed by atoms with Gasteiger partial charge in [0.25, 0.3) is 0 Å². The van der Waals surface area contributed by atoms with Gasteiger partial charge in [-0.05, 0) is 24.3 Å². The lowest BCUT2D eigenvalue weighted by atomic mass is 10.1. The van der Waals surface area contributed by atoms with E-state index in [1.165, 1.54) is 11.8 Å². The maximum absolute atomic E-state index is 11.8. The molecule has 1 aromatic carbocycles. The smallest absolute Gasteiger partial charge is 0.172 e. The van der Waals surface area contributed by atoms with E-state index in [2.05, 4.69) is 0 Å². The van der Waals surface area contributed by atoms with Crippen LogP contribution in [0.25, 0.3) is 0 Å². The van der Waals surface area contributed by atoms with Crippen LogP contribution in [0.3, 0.4) is 0 Å². The molecule has 0 fully saturated rings. The van der Waals surface area contributed by atoms with Crippen LogP contribution in [0.1, 0.15) is 21.7 Å². The van der Waals surface area contributed by atoms with Crippen molar-refractivity contribution in [2.75, 3.05) is 5.75 Å². The molecule has 0 N–H and O–H groups in total. The zero-order valence-electron chi connectivity index (χ0n) is 9.63. The van der Waals surface area contributed by atoms with Crippen LogP contribution in [0.15, 0.2) is 47.1 Å². The molecule has 1 aromatic heterocycles. The Labute approximate surface area is 109 Å². The fourth-order valence-electron chi connectivity index (χ4n) is 1.45. The summed E-state index contributed by atoms with van der Waals surface area (Å²) in [6, 6.07) is 12.4. The first-order valence-electron chi connectivity index (χ1n) is 5.43. The molecule has 0 amide bonds. The third-order valence-corrected chi connectivity index (χ3v) is 3.35. The van der Waals surface area contributed by atoms with Gasteiger partial charge in [0.2, 0.25) is 0 Å². The van der Waals surface area contributed by atoms with E-state index in [1.54, 1.807) is 30.5 Å². The van der Waals surface area contributed by atoms with Crippen molar-refractivity contribution >= 4 is 17.5 Å². The number of carbonyl (C=O) groups excluding carboxylic acids is 1. The minimum absolute atomic E-state index is 0.0658. The molecule has 3 nitrogen and oxygen atoms in total. The molecule has 2 aromatic rings. The van der Waals surface area contributed by atoms with Gasteiger partial charge in [0, 0.05) is 5.56 Å². The molecule has 0 unspecified atom stereocenters. The quantitative estimate of drug-likeness (QED) is 0.771. The molecule has 0 aliphatic rings. The normalized spacial score (nSPS) is 9.94. The summed E-state index contributed by atoms with van der Waals surface area (Å²) in [4.78, 5) is 11.8. The Morgan fingerprint density at radius 2 is 2.06 bits per heavy atom. The summed E-state index contributed by atoms with van der Waals surface area (Å²) in [6.07, 6.45) is 1.62. The van der Waals surface area contributed by atoms with E-state index in [9.17, 15) is 4.79 Å². The zero-order valence-corrected chi connectivity index (χ0v) is 10.4. The van der Waals surface area contributed by atoms with Crippen LogP contribution in [0.2, 0.25) is 0 Å². The summed E-state index contributed by atoms with van der Waals surface area (Å²) in [5.74, 6) is 2.03. The number of rotatable bonds is 5. The van der Waals surface area contributed by atoms with Crippen LogP contribution in [0.4, 0.5) is 0 Å². The fraction of sp³-hybridized carbons (Fsp3) is 0.143. The van der Waals surface area contributed by atoms with Crippen molar-refractivity contribution in [3.05, 3.63) is 59.5 Å². The third kappa shape index (κ3) is 3.25. The van der Waals surface area contributed by atoms with Crippen molar-refractivity contribution in [3.8, 4) is 6.07 Å². The minimum atomic E-state index is 0.0658. The Bertz CT molecular complexity index is 552. The Morgan fingerprint density at radius 1 is 1.28 bits per heavy atom. The van der Waals surface area contributed by atoms with E-state index >= 15 is 0 Å². The van der Waals surface area contributed by atoms with E-state index in [1.807, 2.05) is 18.2 Å². The van der Waals surface area contributed by atoms with Crippen LogP contribution >= 0.6 is 11.8 Å². The van der Waals surface area contributed by atoms with Gasteiger partial charge in [-0.1, -0.05) is 12.1 Å². The Balaban J connectivity index is 1.86. The predicted octanol–water partition coefficient (Wildman–Crippen LogP) is 3.27. The van der Waals surface area contributed by atoms with E-state index in [0.29, 0.717) is 22.6 Å². The molecule has 0 aliphatic carbocycles. The van der Waals surface area contributed by atoms with E-state index in [4.69, 9.17) is 9.68 Å². The van der Waals surface area contributed by atoms with Crippen molar-refractivity contribution in [1.82, 2.24) is 0 Å². The van der Waals surface area contributed by atoms with Crippen LogP contribution < -0.4 is 0 Å². The second-order valence-electron chi connectivity index (χ2n) is 3.68. The van der Waals surface area contributed by atoms with Crippen LogP contribution in [-0.4, -0.2) is 11.5 Å². The fourth-order valence-corrected chi connectivity index (χ4v) is 2.27. The second kappa shape index (κ2) is 6.08. The average Bonchev–Trinajstić information content (AvgIpc) is 2.92. The number of hydrogen-bond donors (Lipinski definition) is 0. The molecular weight excluding hydrogens is 246 g/mol. The Hall–Kier alpha value is -1.99. The summed E-state index contributed by atoms with van der Waals surface area (Å²) in [5.41, 5.74) is 1.20. The van der Waals surface area contributed by atoms with Crippen molar-refractivity contribution in [2.24, 2.45) is 0 Å². The number of nitrogens with zero attached hydrogens (tertiary/aromatic N) is 1. The predicted molar refractivity (Wildman–Crippen MR) is 70.4 cm³/mol. The van der Waals surface area contributed by atoms with Crippen LogP contribution in [-0.2, 0) is 5.75 Å². The molecule has 18 heavy (non-hydrogen) atoms. The molecule has 4 heteroatoms. The number of benzene rings is 1. The van der Waals surface area contributed by atoms with Gasteiger partial charge in [-0.2, -0.15) is 5.26 Å². The van der Waals surface area contributed by atoms with Crippen molar-refractivity contribution in [1.29, 1.82) is 5.26 Å². The van der Waals surface area contributed by atoms with Gasteiger partial charge in [0.15, 0.2) is 5.78 Å². The lowest BCUT2D eigenvalue weighted by Crippen LogP contribution is -2.02. The Kier molecular flexibility index (Phi) is 4.21. The summed E-state index contributed by atoms with van der Waals surface area (Å²) in [5, 5.41) is 8.66. The molecule has 0 bridgehead atoms. The second-order valence-corrected chi connectivity index (χ2v) is 4.67. The lowest BCUT2D eigenvalue weighted by Gasteiger charge is -2.00. The number of ketones is 1. The number of Topliss-reactive ketones (excluding diaryl/α,β-unsaturated/α-hetero) is 1. The summed E-state index contributed by atoms with van der Waals surface area (Å²) < 4.78 is 5.18. The average molecular weight is 257 g/mol. The number of hydrogen-bond acceptors (Lipinski definition) is 4.